The van der Waals surface area contributed by atoms with Gasteiger partial charge in [-0.05, 0) is 23.3 Å². The molecule has 16 heavy (non-hydrogen) atoms. The monoisotopic (exact) mass is 256 g/mol. The predicted octanol–water partition coefficient (Wildman–Crippen LogP) is 2.49. The topological polar surface area (TPSA) is 40.5 Å². The lowest BCUT2D eigenvalue weighted by Gasteiger charge is -2.32. The summed E-state index contributed by atoms with van der Waals surface area (Å²) >= 11 is 11.7. The number of benzene rings is 1. The molecule has 0 bridgehead atoms. The van der Waals surface area contributed by atoms with Crippen molar-refractivity contribution in [2.45, 2.75) is 10.1 Å². The molecule has 2 N–H and O–H groups in total. The number of rotatable bonds is 1. The Morgan fingerprint density at radius 3 is 2.19 bits per heavy atom. The molecule has 0 amide bonds. The zero-order chi connectivity index (χ0) is 11.8. The van der Waals surface area contributed by atoms with Gasteiger partial charge in [-0.2, -0.15) is 0 Å². The first-order chi connectivity index (χ1) is 7.42. The highest BCUT2D eigenvalue weighted by atomic mass is 35.5. The van der Waals surface area contributed by atoms with Gasteiger partial charge in [-0.3, -0.25) is 0 Å². The van der Waals surface area contributed by atoms with Gasteiger partial charge in [0, 0.05) is 0 Å². The molecule has 0 aliphatic heterocycles. The van der Waals surface area contributed by atoms with E-state index in [0.717, 1.165) is 11.1 Å². The average Bonchev–Trinajstić information content (AvgIpc) is 2.23. The second kappa shape index (κ2) is 3.90. The molecule has 0 spiro atoms. The molecule has 2 rings (SSSR count). The van der Waals surface area contributed by atoms with Crippen molar-refractivity contribution < 1.29 is 10.2 Å². The van der Waals surface area contributed by atoms with Crippen LogP contribution in [0.5, 0.6) is 0 Å². The smallest absolute Gasteiger partial charge is 0.221 e. The number of alkyl halides is 2. The largest absolute Gasteiger partial charge is 0.360 e. The van der Waals surface area contributed by atoms with Gasteiger partial charge in [0.15, 0.2) is 4.33 Å². The summed E-state index contributed by atoms with van der Waals surface area (Å²) in [7, 11) is 0. The Kier molecular flexibility index (Phi) is 2.84. The number of halogens is 2. The van der Waals surface area contributed by atoms with E-state index in [0.29, 0.717) is 0 Å². The molecule has 2 nitrogen and oxygen atoms in total. The molecule has 1 aliphatic carbocycles. The van der Waals surface area contributed by atoms with Gasteiger partial charge < -0.3 is 10.2 Å². The van der Waals surface area contributed by atoms with Crippen LogP contribution in [0.15, 0.2) is 48.6 Å². The second-order valence-corrected chi connectivity index (χ2v) is 5.03. The summed E-state index contributed by atoms with van der Waals surface area (Å²) < 4.78 is -1.74. The Morgan fingerprint density at radius 2 is 1.62 bits per heavy atom. The highest BCUT2D eigenvalue weighted by molar-refractivity contribution is 6.51. The summed E-state index contributed by atoms with van der Waals surface area (Å²) in [5.41, 5.74) is 1.67. The van der Waals surface area contributed by atoms with Crippen LogP contribution < -0.4 is 0 Å². The number of hydrogen-bond donors (Lipinski definition) is 2. The number of aliphatic hydroxyl groups is 2. The fourth-order valence-corrected chi connectivity index (χ4v) is 1.84. The van der Waals surface area contributed by atoms with E-state index >= 15 is 0 Å². The van der Waals surface area contributed by atoms with E-state index in [1.807, 2.05) is 30.3 Å². The second-order valence-electron chi connectivity index (χ2n) is 3.65. The quantitative estimate of drug-likeness (QED) is 0.599. The van der Waals surface area contributed by atoms with Crippen molar-refractivity contribution in [3.63, 3.8) is 0 Å². The number of hydrogen-bond acceptors (Lipinski definition) is 2. The summed E-state index contributed by atoms with van der Waals surface area (Å²) in [6.45, 7) is 0. The summed E-state index contributed by atoms with van der Waals surface area (Å²) in [4.78, 5) is 0. The van der Waals surface area contributed by atoms with Crippen molar-refractivity contribution >= 4 is 28.8 Å². The molecule has 1 aromatic carbocycles. The SMILES string of the molecule is OC1(O)C=CC(c2ccccc2)=CC1(Cl)Cl. The Morgan fingerprint density at radius 1 is 1.00 bits per heavy atom. The van der Waals surface area contributed by atoms with Crippen LogP contribution in [-0.4, -0.2) is 20.3 Å². The molecule has 0 radical (unpaired) electrons. The van der Waals surface area contributed by atoms with Gasteiger partial charge in [0.05, 0.1) is 0 Å². The Labute approximate surface area is 103 Å². The lowest BCUT2D eigenvalue weighted by molar-refractivity contribution is -0.120. The first-order valence-corrected chi connectivity index (χ1v) is 5.48. The predicted molar refractivity (Wildman–Crippen MR) is 65.2 cm³/mol. The van der Waals surface area contributed by atoms with Gasteiger partial charge in [0.25, 0.3) is 0 Å². The van der Waals surface area contributed by atoms with Crippen molar-refractivity contribution in [1.82, 2.24) is 0 Å². The molecule has 0 saturated carbocycles. The molecule has 1 aromatic rings. The van der Waals surface area contributed by atoms with Crippen LogP contribution in [0.3, 0.4) is 0 Å². The summed E-state index contributed by atoms with van der Waals surface area (Å²) in [6, 6.07) is 9.44. The van der Waals surface area contributed by atoms with Crippen LogP contribution in [0.4, 0.5) is 0 Å². The van der Waals surface area contributed by atoms with Crippen molar-refractivity contribution in [1.29, 1.82) is 0 Å². The van der Waals surface area contributed by atoms with Crippen LogP contribution in [-0.2, 0) is 0 Å². The Balaban J connectivity index is 2.41. The molecule has 0 heterocycles. The van der Waals surface area contributed by atoms with Gasteiger partial charge in [-0.15, -0.1) is 0 Å². The van der Waals surface area contributed by atoms with Crippen molar-refractivity contribution in [2.75, 3.05) is 0 Å². The molecule has 0 fully saturated rings. The van der Waals surface area contributed by atoms with Crippen molar-refractivity contribution in [2.24, 2.45) is 0 Å². The maximum absolute atomic E-state index is 9.53. The van der Waals surface area contributed by atoms with Gasteiger partial charge in [0.2, 0.25) is 5.79 Å². The molecule has 0 saturated heterocycles. The van der Waals surface area contributed by atoms with Crippen molar-refractivity contribution in [3.05, 3.63) is 54.1 Å². The molecule has 4 heteroatoms. The Hall–Kier alpha value is -0.800. The molecule has 84 valence electrons. The summed E-state index contributed by atoms with van der Waals surface area (Å²) in [5.74, 6) is -2.24. The van der Waals surface area contributed by atoms with Crippen LogP contribution in [0, 0.1) is 0 Å². The maximum atomic E-state index is 9.53. The zero-order valence-electron chi connectivity index (χ0n) is 8.27. The minimum Gasteiger partial charge on any atom is -0.360 e. The van der Waals surface area contributed by atoms with Crippen LogP contribution in [0.25, 0.3) is 5.57 Å². The van der Waals surface area contributed by atoms with E-state index < -0.39 is 10.1 Å². The summed E-state index contributed by atoms with van der Waals surface area (Å²) in [6.07, 6.45) is 4.18. The zero-order valence-corrected chi connectivity index (χ0v) is 9.78. The first-order valence-electron chi connectivity index (χ1n) is 4.72. The third kappa shape index (κ3) is 2.02. The maximum Gasteiger partial charge on any atom is 0.221 e. The normalized spacial score (nSPS) is 21.6. The third-order valence-electron chi connectivity index (χ3n) is 2.43. The third-order valence-corrected chi connectivity index (χ3v) is 3.20. The van der Waals surface area contributed by atoms with Gasteiger partial charge >= 0.3 is 0 Å². The first kappa shape index (κ1) is 11.7. The van der Waals surface area contributed by atoms with Gasteiger partial charge in [-0.1, -0.05) is 59.6 Å². The van der Waals surface area contributed by atoms with E-state index in [9.17, 15) is 10.2 Å². The fourth-order valence-electron chi connectivity index (χ4n) is 1.48. The lowest BCUT2D eigenvalue weighted by Crippen LogP contribution is -2.44. The molecule has 0 aromatic heterocycles. The van der Waals surface area contributed by atoms with Gasteiger partial charge in [0.1, 0.15) is 0 Å². The van der Waals surface area contributed by atoms with E-state index in [1.165, 1.54) is 12.2 Å². The van der Waals surface area contributed by atoms with E-state index in [1.54, 1.807) is 6.08 Å². The molecule has 1 aliphatic rings. The van der Waals surface area contributed by atoms with Crippen LogP contribution >= 0.6 is 23.2 Å². The number of allylic oxidation sites excluding steroid dienone is 2. The Bertz CT molecular complexity index is 447. The molecular formula is C12H10Cl2O2. The van der Waals surface area contributed by atoms with E-state index in [-0.39, 0.29) is 0 Å². The van der Waals surface area contributed by atoms with Crippen LogP contribution in [0.2, 0.25) is 0 Å². The van der Waals surface area contributed by atoms with Gasteiger partial charge in [-0.25, -0.2) is 0 Å². The van der Waals surface area contributed by atoms with Crippen LogP contribution in [0.1, 0.15) is 5.56 Å². The highest BCUT2D eigenvalue weighted by Gasteiger charge is 2.45. The molecule has 0 unspecified atom stereocenters. The minimum absolute atomic E-state index is 0.754. The van der Waals surface area contributed by atoms with E-state index in [2.05, 4.69) is 0 Å². The highest BCUT2D eigenvalue weighted by Crippen LogP contribution is 2.40. The molecular weight excluding hydrogens is 247 g/mol. The minimum atomic E-state index is -2.24. The average molecular weight is 257 g/mol. The fraction of sp³-hybridized carbons (Fsp3) is 0.167. The lowest BCUT2D eigenvalue weighted by atomic mass is 9.96. The van der Waals surface area contributed by atoms with Crippen molar-refractivity contribution in [3.8, 4) is 0 Å². The van der Waals surface area contributed by atoms with E-state index in [4.69, 9.17) is 23.2 Å². The summed E-state index contributed by atoms with van der Waals surface area (Å²) in [5, 5.41) is 19.1. The molecule has 0 atom stereocenters. The standard InChI is InChI=1S/C12H10Cl2O2/c13-11(14)8-10(6-7-12(11,15)16)9-4-2-1-3-5-9/h1-8,15-16H.